The van der Waals surface area contributed by atoms with E-state index < -0.39 is 0 Å². The van der Waals surface area contributed by atoms with Gasteiger partial charge in [-0.3, -0.25) is 4.79 Å². The maximum atomic E-state index is 10.7. The maximum Gasteiger partial charge on any atom is 0.146 e. The first kappa shape index (κ1) is 14.1. The molecule has 0 N–H and O–H groups in total. The molecule has 2 rings (SSSR count). The van der Waals surface area contributed by atoms with Gasteiger partial charge in [0.05, 0.1) is 0 Å². The second-order valence-electron chi connectivity index (χ2n) is 6.31. The van der Waals surface area contributed by atoms with E-state index in [-0.39, 0.29) is 17.4 Å². The van der Waals surface area contributed by atoms with Gasteiger partial charge in [-0.15, -0.1) is 6.58 Å². The fourth-order valence-corrected chi connectivity index (χ4v) is 3.92. The molecule has 0 bridgehead atoms. The van der Waals surface area contributed by atoms with Crippen molar-refractivity contribution in [2.75, 3.05) is 0 Å². The van der Waals surface area contributed by atoms with Crippen molar-refractivity contribution in [1.82, 2.24) is 0 Å². The molecule has 1 saturated heterocycles. The summed E-state index contributed by atoms with van der Waals surface area (Å²) in [6, 6.07) is 0. The van der Waals surface area contributed by atoms with Crippen LogP contribution < -0.4 is 0 Å². The molecule has 0 radical (unpaired) electrons. The zero-order valence-electron chi connectivity index (χ0n) is 12.2. The number of carbonyl (C=O) groups is 1. The van der Waals surface area contributed by atoms with E-state index in [0.29, 0.717) is 11.8 Å². The van der Waals surface area contributed by atoms with Crippen molar-refractivity contribution >= 4 is 6.29 Å². The van der Waals surface area contributed by atoms with Crippen molar-refractivity contribution in [3.63, 3.8) is 0 Å². The summed E-state index contributed by atoms with van der Waals surface area (Å²) in [4.78, 5) is 10.7. The molecule has 2 nitrogen and oxygen atoms in total. The molecule has 1 aliphatic heterocycles. The fourth-order valence-electron chi connectivity index (χ4n) is 3.92. The van der Waals surface area contributed by atoms with Gasteiger partial charge in [-0.25, -0.2) is 0 Å². The van der Waals surface area contributed by atoms with Crippen LogP contribution in [0.4, 0.5) is 0 Å². The molecule has 2 heteroatoms. The SMILES string of the molecule is C=C[C@]1(C)CC[C@H]2[C@H](O/C(=C/C=O)[C@@H]2C)[C@H]1C(=C)C. The van der Waals surface area contributed by atoms with Crippen molar-refractivity contribution in [3.8, 4) is 0 Å². The third-order valence-corrected chi connectivity index (χ3v) is 5.07. The summed E-state index contributed by atoms with van der Waals surface area (Å²) >= 11 is 0. The van der Waals surface area contributed by atoms with Gasteiger partial charge in [-0.1, -0.05) is 32.1 Å². The lowest BCUT2D eigenvalue weighted by Gasteiger charge is -2.45. The molecule has 5 atom stereocenters. The first-order chi connectivity index (χ1) is 8.94. The largest absolute Gasteiger partial charge is 0.493 e. The van der Waals surface area contributed by atoms with Crippen LogP contribution in [0.5, 0.6) is 0 Å². The summed E-state index contributed by atoms with van der Waals surface area (Å²) in [5, 5.41) is 0. The normalized spacial score (nSPS) is 43.4. The Kier molecular flexibility index (Phi) is 3.71. The van der Waals surface area contributed by atoms with Crippen molar-refractivity contribution < 1.29 is 9.53 Å². The lowest BCUT2D eigenvalue weighted by molar-refractivity contribution is -0.104. The van der Waals surface area contributed by atoms with Crippen molar-refractivity contribution in [2.45, 2.75) is 39.7 Å². The minimum atomic E-state index is 0.0450. The van der Waals surface area contributed by atoms with Crippen LogP contribution in [0.15, 0.2) is 36.6 Å². The van der Waals surface area contributed by atoms with E-state index >= 15 is 0 Å². The van der Waals surface area contributed by atoms with Crippen LogP contribution in [0.3, 0.4) is 0 Å². The molecular formula is C17H24O2. The van der Waals surface area contributed by atoms with E-state index in [2.05, 4.69) is 40.0 Å². The van der Waals surface area contributed by atoms with E-state index in [1.54, 1.807) is 6.08 Å². The quantitative estimate of drug-likeness (QED) is 0.437. The molecule has 1 aliphatic carbocycles. The lowest BCUT2D eigenvalue weighted by Crippen LogP contribution is -2.44. The van der Waals surface area contributed by atoms with Crippen LogP contribution >= 0.6 is 0 Å². The first-order valence-electron chi connectivity index (χ1n) is 7.05. The average molecular weight is 260 g/mol. The van der Waals surface area contributed by atoms with Gasteiger partial charge in [0.15, 0.2) is 0 Å². The Labute approximate surface area is 116 Å². The molecule has 1 heterocycles. The highest BCUT2D eigenvalue weighted by Crippen LogP contribution is 2.54. The highest BCUT2D eigenvalue weighted by molar-refractivity contribution is 5.65. The standard InChI is InChI=1S/C17H24O2/c1-6-17(5)9-7-13-12(4)14(8-10-18)19-16(13)15(17)11(2)3/h6,8,10,12-13,15-16H,1-2,7,9H2,3-5H3/b14-8+/t12-,13-,15-,16+,17-/m1/s1. The zero-order chi connectivity index (χ0) is 14.2. The summed E-state index contributed by atoms with van der Waals surface area (Å²) in [5.74, 6) is 1.93. The minimum absolute atomic E-state index is 0.0450. The van der Waals surface area contributed by atoms with Crippen LogP contribution in [-0.4, -0.2) is 12.4 Å². The Morgan fingerprint density at radius 3 is 2.74 bits per heavy atom. The molecule has 104 valence electrons. The molecular weight excluding hydrogens is 236 g/mol. The van der Waals surface area contributed by atoms with Crippen molar-refractivity contribution in [1.29, 1.82) is 0 Å². The highest BCUT2D eigenvalue weighted by Gasteiger charge is 2.52. The molecule has 2 aliphatic rings. The molecule has 0 aromatic carbocycles. The number of carbonyl (C=O) groups excluding carboxylic acids is 1. The van der Waals surface area contributed by atoms with E-state index in [9.17, 15) is 4.79 Å². The predicted molar refractivity (Wildman–Crippen MR) is 77.5 cm³/mol. The summed E-state index contributed by atoms with van der Waals surface area (Å²) in [7, 11) is 0. The summed E-state index contributed by atoms with van der Waals surface area (Å²) in [5.41, 5.74) is 1.19. The lowest BCUT2D eigenvalue weighted by atomic mass is 9.59. The second-order valence-corrected chi connectivity index (χ2v) is 6.31. The third-order valence-electron chi connectivity index (χ3n) is 5.07. The van der Waals surface area contributed by atoms with Gasteiger partial charge in [0.2, 0.25) is 0 Å². The Bertz CT molecular complexity index is 435. The molecule has 0 aromatic heterocycles. The number of aldehydes is 1. The molecule has 2 fully saturated rings. The average Bonchev–Trinajstić information content (AvgIpc) is 2.66. The van der Waals surface area contributed by atoms with Crippen LogP contribution in [0.2, 0.25) is 0 Å². The highest BCUT2D eigenvalue weighted by atomic mass is 16.5. The minimum Gasteiger partial charge on any atom is -0.493 e. The van der Waals surface area contributed by atoms with E-state index in [1.807, 2.05) is 0 Å². The van der Waals surface area contributed by atoms with Gasteiger partial charge in [0.1, 0.15) is 18.1 Å². The Hall–Kier alpha value is -1.31. The monoisotopic (exact) mass is 260 g/mol. The number of fused-ring (bicyclic) bond motifs is 1. The summed E-state index contributed by atoms with van der Waals surface area (Å²) < 4.78 is 6.11. The number of hydrogen-bond donors (Lipinski definition) is 0. The van der Waals surface area contributed by atoms with Gasteiger partial charge in [-0.2, -0.15) is 0 Å². The Morgan fingerprint density at radius 2 is 2.21 bits per heavy atom. The van der Waals surface area contributed by atoms with E-state index in [1.165, 1.54) is 0 Å². The Morgan fingerprint density at radius 1 is 1.53 bits per heavy atom. The van der Waals surface area contributed by atoms with Gasteiger partial charge < -0.3 is 4.74 Å². The maximum absolute atomic E-state index is 10.7. The number of ether oxygens (including phenoxy) is 1. The summed E-state index contributed by atoms with van der Waals surface area (Å²) in [6.07, 6.45) is 6.81. The molecule has 0 spiro atoms. The number of hydrogen-bond acceptors (Lipinski definition) is 2. The third kappa shape index (κ3) is 2.18. The number of allylic oxidation sites excluding steroid dienone is 3. The van der Waals surface area contributed by atoms with Gasteiger partial charge in [-0.05, 0) is 25.2 Å². The molecule has 19 heavy (non-hydrogen) atoms. The van der Waals surface area contributed by atoms with Crippen molar-refractivity contribution in [3.05, 3.63) is 36.6 Å². The van der Waals surface area contributed by atoms with Gasteiger partial charge >= 0.3 is 0 Å². The van der Waals surface area contributed by atoms with Gasteiger partial charge in [0, 0.05) is 23.8 Å². The van der Waals surface area contributed by atoms with Crippen LogP contribution in [-0.2, 0) is 9.53 Å². The van der Waals surface area contributed by atoms with Gasteiger partial charge in [0.25, 0.3) is 0 Å². The fraction of sp³-hybridized carbons (Fsp3) is 0.588. The van der Waals surface area contributed by atoms with E-state index in [4.69, 9.17) is 4.74 Å². The smallest absolute Gasteiger partial charge is 0.146 e. The molecule has 0 amide bonds. The van der Waals surface area contributed by atoms with Crippen molar-refractivity contribution in [2.24, 2.45) is 23.2 Å². The Balaban J connectivity index is 2.37. The van der Waals surface area contributed by atoms with Crippen LogP contribution in [0, 0.1) is 23.2 Å². The summed E-state index contributed by atoms with van der Waals surface area (Å²) in [6.45, 7) is 14.6. The predicted octanol–water partition coefficient (Wildman–Crippen LogP) is 3.90. The molecule has 0 aromatic rings. The number of rotatable bonds is 3. The topological polar surface area (TPSA) is 26.3 Å². The van der Waals surface area contributed by atoms with Crippen LogP contribution in [0.25, 0.3) is 0 Å². The van der Waals surface area contributed by atoms with Crippen LogP contribution in [0.1, 0.15) is 33.6 Å². The second kappa shape index (κ2) is 4.99. The zero-order valence-corrected chi connectivity index (χ0v) is 12.2. The first-order valence-corrected chi connectivity index (χ1v) is 7.05. The molecule has 0 unspecified atom stereocenters. The van der Waals surface area contributed by atoms with E-state index in [0.717, 1.165) is 30.5 Å². The molecule has 1 saturated carbocycles.